The number of hydrogen-bond acceptors (Lipinski definition) is 6. The minimum atomic E-state index is -4.81. The van der Waals surface area contributed by atoms with Gasteiger partial charge in [0.1, 0.15) is 5.71 Å². The first kappa shape index (κ1) is 24.7. The maximum Gasteiger partial charge on any atom is 0.429 e. The van der Waals surface area contributed by atoms with Crippen molar-refractivity contribution >= 4 is 46.5 Å². The smallest absolute Gasteiger partial charge is 0.429 e. The number of amides is 1. The molecule has 0 unspecified atom stereocenters. The number of esters is 1. The Balaban J connectivity index is 1.85. The average molecular weight is 492 g/mol. The molecule has 0 aliphatic heterocycles. The van der Waals surface area contributed by atoms with Crippen molar-refractivity contribution in [3.05, 3.63) is 82.6 Å². The second kappa shape index (κ2) is 10.3. The van der Waals surface area contributed by atoms with Gasteiger partial charge in [-0.15, -0.1) is 0 Å². The third-order valence-electron chi connectivity index (χ3n) is 4.50. The highest BCUT2D eigenvalue weighted by atomic mass is 35.5. The van der Waals surface area contributed by atoms with E-state index in [0.717, 1.165) is 0 Å². The molecule has 11 heteroatoms. The standard InChI is InChI=1S/C23H17ClF3N3O4/c1-33-22(32)18-10-11-20(34-18)30-21(31)14-8-6-13(7-9-14)17(12-19(28)23(25,26)27)29-16-5-3-2-4-15(16)24/h2-11,28H,12H2,1H3,(H,30,31). The molecule has 0 atom stereocenters. The molecule has 1 heterocycles. The molecule has 0 aliphatic carbocycles. The molecule has 0 fully saturated rings. The summed E-state index contributed by atoms with van der Waals surface area (Å²) in [5, 5.41) is 10.1. The van der Waals surface area contributed by atoms with Crippen molar-refractivity contribution < 1.29 is 31.9 Å². The molecule has 2 aromatic carbocycles. The Morgan fingerprint density at radius 2 is 1.71 bits per heavy atom. The molecule has 3 rings (SSSR count). The minimum Gasteiger partial charge on any atom is -0.463 e. The predicted octanol–water partition coefficient (Wildman–Crippen LogP) is 6.06. The number of furan rings is 1. The van der Waals surface area contributed by atoms with Crippen molar-refractivity contribution in [1.82, 2.24) is 0 Å². The molecule has 0 aliphatic rings. The number of nitrogens with zero attached hydrogens (tertiary/aromatic N) is 1. The van der Waals surface area contributed by atoms with Crippen LogP contribution >= 0.6 is 11.6 Å². The Morgan fingerprint density at radius 1 is 1.06 bits per heavy atom. The number of nitrogens with one attached hydrogen (secondary N) is 2. The Hall–Kier alpha value is -3.92. The van der Waals surface area contributed by atoms with Gasteiger partial charge in [-0.05, 0) is 35.9 Å². The average Bonchev–Trinajstić information content (AvgIpc) is 3.27. The zero-order valence-corrected chi connectivity index (χ0v) is 18.3. The van der Waals surface area contributed by atoms with Gasteiger partial charge in [0.15, 0.2) is 0 Å². The van der Waals surface area contributed by atoms with Crippen LogP contribution in [-0.4, -0.2) is 36.6 Å². The fourth-order valence-electron chi connectivity index (χ4n) is 2.78. The third kappa shape index (κ3) is 6.10. The van der Waals surface area contributed by atoms with E-state index in [1.807, 2.05) is 0 Å². The zero-order chi connectivity index (χ0) is 24.9. The number of carbonyl (C=O) groups is 2. The van der Waals surface area contributed by atoms with Crippen molar-refractivity contribution in [1.29, 1.82) is 5.41 Å². The van der Waals surface area contributed by atoms with Crippen LogP contribution in [0.5, 0.6) is 0 Å². The second-order valence-corrected chi connectivity index (χ2v) is 7.26. The zero-order valence-electron chi connectivity index (χ0n) is 17.6. The number of benzene rings is 2. The molecule has 0 spiro atoms. The number of para-hydroxylation sites is 1. The summed E-state index contributed by atoms with van der Waals surface area (Å²) in [6, 6.07) is 14.7. The molecule has 1 amide bonds. The van der Waals surface area contributed by atoms with E-state index in [1.165, 1.54) is 49.6 Å². The van der Waals surface area contributed by atoms with E-state index in [2.05, 4.69) is 15.0 Å². The number of carbonyl (C=O) groups excluding carboxylic acids is 2. The SMILES string of the molecule is COC(=O)c1ccc(NC(=O)c2ccc(C(CC(=N)C(F)(F)F)=Nc3ccccc3Cl)cc2)o1. The number of aliphatic imine (C=N–C) groups is 1. The highest BCUT2D eigenvalue weighted by molar-refractivity contribution is 6.33. The van der Waals surface area contributed by atoms with Crippen LogP contribution < -0.4 is 5.32 Å². The van der Waals surface area contributed by atoms with Crippen molar-refractivity contribution in [3.8, 4) is 0 Å². The summed E-state index contributed by atoms with van der Waals surface area (Å²) in [5.41, 5.74) is -0.829. The summed E-state index contributed by atoms with van der Waals surface area (Å²) in [6.07, 6.45) is -5.60. The van der Waals surface area contributed by atoms with Gasteiger partial charge in [0, 0.05) is 18.1 Å². The fourth-order valence-corrected chi connectivity index (χ4v) is 2.95. The molecule has 2 N–H and O–H groups in total. The Kier molecular flexibility index (Phi) is 7.52. The summed E-state index contributed by atoms with van der Waals surface area (Å²) in [7, 11) is 1.18. The molecular formula is C23H17ClF3N3O4. The van der Waals surface area contributed by atoms with Crippen LogP contribution in [0.15, 0.2) is 70.1 Å². The van der Waals surface area contributed by atoms with Crippen LogP contribution in [0.4, 0.5) is 24.7 Å². The number of halogens is 4. The molecular weight excluding hydrogens is 475 g/mol. The number of methoxy groups -OCH3 is 1. The molecule has 3 aromatic rings. The highest BCUT2D eigenvalue weighted by Gasteiger charge is 2.35. The van der Waals surface area contributed by atoms with E-state index in [1.54, 1.807) is 18.2 Å². The van der Waals surface area contributed by atoms with Gasteiger partial charge < -0.3 is 14.6 Å². The van der Waals surface area contributed by atoms with Gasteiger partial charge in [-0.25, -0.2) is 4.79 Å². The quantitative estimate of drug-likeness (QED) is 0.309. The molecule has 0 bridgehead atoms. The van der Waals surface area contributed by atoms with Crippen LogP contribution in [0.25, 0.3) is 0 Å². The maximum atomic E-state index is 13.0. The summed E-state index contributed by atoms with van der Waals surface area (Å²) < 4.78 is 48.7. The first-order valence-electron chi connectivity index (χ1n) is 9.65. The molecule has 1 aromatic heterocycles. The minimum absolute atomic E-state index is 0.00840. The normalized spacial score (nSPS) is 11.7. The van der Waals surface area contributed by atoms with E-state index < -0.39 is 30.2 Å². The van der Waals surface area contributed by atoms with E-state index in [4.69, 9.17) is 21.4 Å². The van der Waals surface area contributed by atoms with Gasteiger partial charge in [0.25, 0.3) is 5.91 Å². The molecule has 176 valence electrons. The van der Waals surface area contributed by atoms with Crippen molar-refractivity contribution in [3.63, 3.8) is 0 Å². The van der Waals surface area contributed by atoms with Crippen LogP contribution in [-0.2, 0) is 4.74 Å². The highest BCUT2D eigenvalue weighted by Crippen LogP contribution is 2.27. The van der Waals surface area contributed by atoms with Crippen molar-refractivity contribution in [2.45, 2.75) is 12.6 Å². The molecule has 7 nitrogen and oxygen atoms in total. The Labute approximate surface area is 196 Å². The van der Waals surface area contributed by atoms with Crippen molar-refractivity contribution in [2.75, 3.05) is 12.4 Å². The third-order valence-corrected chi connectivity index (χ3v) is 4.82. The number of rotatable bonds is 7. The maximum absolute atomic E-state index is 13.0. The lowest BCUT2D eigenvalue weighted by Gasteiger charge is -2.12. The summed E-state index contributed by atoms with van der Waals surface area (Å²) in [4.78, 5) is 28.1. The monoisotopic (exact) mass is 491 g/mol. The molecule has 34 heavy (non-hydrogen) atoms. The summed E-state index contributed by atoms with van der Waals surface area (Å²) in [6.45, 7) is 0. The van der Waals surface area contributed by atoms with E-state index in [0.29, 0.717) is 0 Å². The van der Waals surface area contributed by atoms with Crippen LogP contribution in [0.1, 0.15) is 32.9 Å². The van der Waals surface area contributed by atoms with Gasteiger partial charge in [0.05, 0.1) is 23.5 Å². The lowest BCUT2D eigenvalue weighted by atomic mass is 10.0. The van der Waals surface area contributed by atoms with E-state index >= 15 is 0 Å². The van der Waals surface area contributed by atoms with E-state index in [-0.39, 0.29) is 39.2 Å². The Bertz CT molecular complexity index is 1250. The lowest BCUT2D eigenvalue weighted by Crippen LogP contribution is -2.25. The van der Waals surface area contributed by atoms with Crippen LogP contribution in [0.2, 0.25) is 5.02 Å². The summed E-state index contributed by atoms with van der Waals surface area (Å²) >= 11 is 6.08. The number of hydrogen-bond donors (Lipinski definition) is 2. The molecule has 0 saturated carbocycles. The fraction of sp³-hybridized carbons (Fsp3) is 0.130. The second-order valence-electron chi connectivity index (χ2n) is 6.85. The first-order valence-corrected chi connectivity index (χ1v) is 10.0. The van der Waals surface area contributed by atoms with Gasteiger partial charge in [-0.2, -0.15) is 13.2 Å². The van der Waals surface area contributed by atoms with Gasteiger partial charge in [-0.1, -0.05) is 35.9 Å². The topological polar surface area (TPSA) is 105 Å². The number of anilines is 1. The molecule has 0 radical (unpaired) electrons. The van der Waals surface area contributed by atoms with Crippen LogP contribution in [0.3, 0.4) is 0 Å². The van der Waals surface area contributed by atoms with Crippen LogP contribution in [0, 0.1) is 5.41 Å². The largest absolute Gasteiger partial charge is 0.463 e. The van der Waals surface area contributed by atoms with Gasteiger partial charge >= 0.3 is 12.1 Å². The number of alkyl halides is 3. The lowest BCUT2D eigenvalue weighted by molar-refractivity contribution is -0.0605. The predicted molar refractivity (Wildman–Crippen MR) is 120 cm³/mol. The van der Waals surface area contributed by atoms with Gasteiger partial charge in [-0.3, -0.25) is 15.1 Å². The van der Waals surface area contributed by atoms with Gasteiger partial charge in [0.2, 0.25) is 11.6 Å². The van der Waals surface area contributed by atoms with E-state index in [9.17, 15) is 22.8 Å². The number of ether oxygens (including phenoxy) is 1. The van der Waals surface area contributed by atoms with Crippen molar-refractivity contribution in [2.24, 2.45) is 4.99 Å². The molecule has 0 saturated heterocycles. The summed E-state index contributed by atoms with van der Waals surface area (Å²) in [5.74, 6) is -1.38. The Morgan fingerprint density at radius 3 is 2.32 bits per heavy atom. The first-order chi connectivity index (χ1) is 16.1.